The van der Waals surface area contributed by atoms with E-state index in [-0.39, 0.29) is 24.3 Å². The summed E-state index contributed by atoms with van der Waals surface area (Å²) in [5, 5.41) is 9.48. The molecular weight excluding hydrogens is 562 g/mol. The van der Waals surface area contributed by atoms with Crippen LogP contribution >= 0.6 is 11.8 Å². The predicted octanol–water partition coefficient (Wildman–Crippen LogP) is 4.05. The van der Waals surface area contributed by atoms with E-state index in [1.165, 1.54) is 0 Å². The number of hydrogen-bond donors (Lipinski definition) is 1. The molecule has 2 saturated heterocycles. The number of likely N-dealkylation sites (tertiary alicyclic amines) is 1. The summed E-state index contributed by atoms with van der Waals surface area (Å²) in [5.41, 5.74) is 1.77. The summed E-state index contributed by atoms with van der Waals surface area (Å²) in [4.78, 5) is 48.9. The SMILES string of the molecule is CCOc1ccc(N2CC=C[C@@]3(C)S[C@]45C=CCN(Cc6ccccc6)C(=O)C4N(CCCCO)C(=O)[C@@H]5[C@H]3C2=O)cc1. The van der Waals surface area contributed by atoms with Crippen molar-refractivity contribution in [2.75, 3.05) is 37.7 Å². The van der Waals surface area contributed by atoms with Gasteiger partial charge in [0.15, 0.2) is 0 Å². The van der Waals surface area contributed by atoms with Crippen molar-refractivity contribution < 1.29 is 24.2 Å². The van der Waals surface area contributed by atoms with Gasteiger partial charge in [-0.3, -0.25) is 14.4 Å². The third-order valence-electron chi connectivity index (χ3n) is 9.12. The number of benzene rings is 2. The van der Waals surface area contributed by atoms with Gasteiger partial charge in [0.25, 0.3) is 0 Å². The number of ether oxygens (including phenoxy) is 1. The first-order chi connectivity index (χ1) is 20.8. The number of anilines is 1. The second-order valence-electron chi connectivity index (χ2n) is 11.8. The Hall–Kier alpha value is -3.56. The third-order valence-corrected chi connectivity index (χ3v) is 10.9. The molecule has 0 aliphatic carbocycles. The monoisotopic (exact) mass is 601 g/mol. The normalized spacial score (nSPS) is 29.8. The predicted molar refractivity (Wildman–Crippen MR) is 168 cm³/mol. The molecule has 2 aromatic rings. The van der Waals surface area contributed by atoms with Crippen LogP contribution in [0.3, 0.4) is 0 Å². The van der Waals surface area contributed by atoms with E-state index in [9.17, 15) is 19.5 Å². The molecule has 4 aliphatic heterocycles. The molecule has 43 heavy (non-hydrogen) atoms. The Morgan fingerprint density at radius 3 is 2.37 bits per heavy atom. The summed E-state index contributed by atoms with van der Waals surface area (Å²) >= 11 is 1.59. The molecule has 8 nitrogen and oxygen atoms in total. The maximum Gasteiger partial charge on any atom is 0.247 e. The van der Waals surface area contributed by atoms with Crippen LogP contribution in [0, 0.1) is 11.8 Å². The van der Waals surface area contributed by atoms with Crippen LogP contribution in [0.2, 0.25) is 0 Å². The van der Waals surface area contributed by atoms with Gasteiger partial charge in [-0.2, -0.15) is 0 Å². The van der Waals surface area contributed by atoms with Crippen molar-refractivity contribution in [3.05, 3.63) is 84.5 Å². The number of rotatable bonds is 9. The number of aliphatic hydroxyl groups is 1. The molecular formula is C34H39N3O5S. The fraction of sp³-hybridized carbons (Fsp3) is 0.441. The molecule has 0 bridgehead atoms. The topological polar surface area (TPSA) is 90.4 Å². The molecule has 1 unspecified atom stereocenters. The fourth-order valence-corrected chi connectivity index (χ4v) is 9.43. The number of amides is 3. The minimum absolute atomic E-state index is 0.0189. The van der Waals surface area contributed by atoms with Gasteiger partial charge in [0.1, 0.15) is 11.8 Å². The molecule has 2 aromatic carbocycles. The molecule has 0 radical (unpaired) electrons. The fourth-order valence-electron chi connectivity index (χ4n) is 7.27. The van der Waals surface area contributed by atoms with E-state index in [1.807, 2.05) is 85.5 Å². The smallest absolute Gasteiger partial charge is 0.247 e. The van der Waals surface area contributed by atoms with E-state index in [0.717, 1.165) is 17.0 Å². The summed E-state index contributed by atoms with van der Waals surface area (Å²) in [6, 6.07) is 16.6. The van der Waals surface area contributed by atoms with Crippen molar-refractivity contribution in [2.45, 2.75) is 48.8 Å². The van der Waals surface area contributed by atoms with E-state index in [2.05, 4.69) is 12.2 Å². The van der Waals surface area contributed by atoms with Crippen molar-refractivity contribution in [3.63, 3.8) is 0 Å². The molecule has 1 spiro atoms. The second-order valence-corrected chi connectivity index (χ2v) is 13.6. The van der Waals surface area contributed by atoms with Gasteiger partial charge in [-0.05, 0) is 56.5 Å². The lowest BCUT2D eigenvalue weighted by molar-refractivity contribution is -0.143. The number of aliphatic hydroxyl groups excluding tert-OH is 1. The van der Waals surface area contributed by atoms with Gasteiger partial charge in [0.05, 0.1) is 23.2 Å². The number of hydrogen-bond acceptors (Lipinski definition) is 6. The van der Waals surface area contributed by atoms with Crippen LogP contribution in [-0.4, -0.2) is 81.0 Å². The first-order valence-electron chi connectivity index (χ1n) is 15.2. The number of carbonyl (C=O) groups excluding carboxylic acids is 3. The molecule has 6 rings (SSSR count). The number of nitrogens with zero attached hydrogens (tertiary/aromatic N) is 3. The van der Waals surface area contributed by atoms with E-state index in [0.29, 0.717) is 45.6 Å². The van der Waals surface area contributed by atoms with E-state index < -0.39 is 27.4 Å². The molecule has 9 heteroatoms. The highest BCUT2D eigenvalue weighted by Gasteiger charge is 2.73. The van der Waals surface area contributed by atoms with Crippen molar-refractivity contribution in [1.82, 2.24) is 9.80 Å². The minimum Gasteiger partial charge on any atom is -0.494 e. The van der Waals surface area contributed by atoms with E-state index in [1.54, 1.807) is 21.6 Å². The van der Waals surface area contributed by atoms with Crippen molar-refractivity contribution >= 4 is 35.2 Å². The number of unbranched alkanes of at least 4 members (excludes halogenated alkanes) is 1. The summed E-state index contributed by atoms with van der Waals surface area (Å²) in [6.07, 6.45) is 9.28. The van der Waals surface area contributed by atoms with Crippen LogP contribution < -0.4 is 9.64 Å². The Labute approximate surface area is 257 Å². The molecule has 2 fully saturated rings. The summed E-state index contributed by atoms with van der Waals surface area (Å²) in [5.74, 6) is -0.974. The van der Waals surface area contributed by atoms with Crippen molar-refractivity contribution in [2.24, 2.45) is 11.8 Å². The third kappa shape index (κ3) is 5.06. The zero-order chi connectivity index (χ0) is 30.2. The van der Waals surface area contributed by atoms with Gasteiger partial charge in [-0.1, -0.05) is 54.6 Å². The van der Waals surface area contributed by atoms with E-state index >= 15 is 0 Å². The molecule has 0 aromatic heterocycles. The molecule has 3 amide bonds. The zero-order valence-electron chi connectivity index (χ0n) is 24.7. The summed E-state index contributed by atoms with van der Waals surface area (Å²) in [7, 11) is 0. The van der Waals surface area contributed by atoms with Crippen LogP contribution in [0.15, 0.2) is 78.9 Å². The van der Waals surface area contributed by atoms with Gasteiger partial charge in [0.2, 0.25) is 17.7 Å². The van der Waals surface area contributed by atoms with Crippen molar-refractivity contribution in [3.8, 4) is 5.75 Å². The molecule has 5 atom stereocenters. The Bertz CT molecular complexity index is 1430. The lowest BCUT2D eigenvalue weighted by Gasteiger charge is -2.37. The Balaban J connectivity index is 1.39. The van der Waals surface area contributed by atoms with Gasteiger partial charge in [0, 0.05) is 43.2 Å². The van der Waals surface area contributed by atoms with Crippen LogP contribution in [-0.2, 0) is 20.9 Å². The average molecular weight is 602 g/mol. The number of thioether (sulfide) groups is 1. The number of carbonyl (C=O) groups is 3. The van der Waals surface area contributed by atoms with Crippen LogP contribution in [0.1, 0.15) is 32.3 Å². The van der Waals surface area contributed by atoms with Crippen molar-refractivity contribution in [1.29, 1.82) is 0 Å². The van der Waals surface area contributed by atoms with Crippen LogP contribution in [0.25, 0.3) is 0 Å². The molecule has 1 N–H and O–H groups in total. The molecule has 4 aliphatic rings. The average Bonchev–Trinajstić information content (AvgIpc) is 3.27. The molecule has 4 heterocycles. The zero-order valence-corrected chi connectivity index (χ0v) is 25.5. The number of fused-ring (bicyclic) bond motifs is 2. The quantitative estimate of drug-likeness (QED) is 0.345. The largest absolute Gasteiger partial charge is 0.494 e. The Morgan fingerprint density at radius 1 is 0.907 bits per heavy atom. The van der Waals surface area contributed by atoms with Gasteiger partial charge in [-0.15, -0.1) is 11.8 Å². The minimum atomic E-state index is -0.889. The molecule has 226 valence electrons. The Kier molecular flexibility index (Phi) is 8.13. The van der Waals surface area contributed by atoms with Gasteiger partial charge < -0.3 is 24.5 Å². The molecule has 0 saturated carbocycles. The van der Waals surface area contributed by atoms with E-state index in [4.69, 9.17) is 4.74 Å². The van der Waals surface area contributed by atoms with Crippen LogP contribution in [0.4, 0.5) is 5.69 Å². The highest BCUT2D eigenvalue weighted by molar-refractivity contribution is 8.02. The van der Waals surface area contributed by atoms with Gasteiger partial charge in [-0.25, -0.2) is 0 Å². The summed E-state index contributed by atoms with van der Waals surface area (Å²) in [6.45, 7) is 6.17. The standard InChI is InChI=1S/C34H39N3O5S/c1-3-42-26-15-13-25(14-16-26)36-21-9-17-33(2)27(30(36)39)28-31(40)37(20-7-8-22-38)29-32(41)35(19-10-18-34(28,29)43-33)23-24-11-5-4-6-12-24/h4-6,9-18,27-29,38H,3,7-8,19-23H2,1-2H3/t27-,28-,29?,33+,34-/m0/s1. The van der Waals surface area contributed by atoms with Crippen LogP contribution in [0.5, 0.6) is 5.75 Å². The first-order valence-corrected chi connectivity index (χ1v) is 16.0. The maximum absolute atomic E-state index is 14.6. The maximum atomic E-state index is 14.6. The lowest BCUT2D eigenvalue weighted by Crippen LogP contribution is -2.53. The van der Waals surface area contributed by atoms with Gasteiger partial charge >= 0.3 is 0 Å². The summed E-state index contributed by atoms with van der Waals surface area (Å²) < 4.78 is 4.04. The highest BCUT2D eigenvalue weighted by atomic mass is 32.2. The lowest BCUT2D eigenvalue weighted by atomic mass is 9.74. The first kappa shape index (κ1) is 29.5. The Morgan fingerprint density at radius 2 is 1.65 bits per heavy atom. The second kappa shape index (κ2) is 11.8. The highest BCUT2D eigenvalue weighted by Crippen LogP contribution is 2.65.